The van der Waals surface area contributed by atoms with Gasteiger partial charge in [-0.1, -0.05) is 12.8 Å². The third-order valence-corrected chi connectivity index (χ3v) is 9.97. The summed E-state index contributed by atoms with van der Waals surface area (Å²) in [6.45, 7) is 1.52. The van der Waals surface area contributed by atoms with Gasteiger partial charge < -0.3 is 18.9 Å². The summed E-state index contributed by atoms with van der Waals surface area (Å²) >= 11 is 1.46. The first-order chi connectivity index (χ1) is 19.9. The van der Waals surface area contributed by atoms with Gasteiger partial charge in [0.2, 0.25) is 20.6 Å². The van der Waals surface area contributed by atoms with Crippen LogP contribution < -0.4 is 19.0 Å². The molecule has 0 bridgehead atoms. The van der Waals surface area contributed by atoms with Crippen molar-refractivity contribution in [3.63, 3.8) is 0 Å². The molecular formula is C29H36N4O6S2. The van der Waals surface area contributed by atoms with E-state index in [9.17, 15) is 8.42 Å². The highest BCUT2D eigenvalue weighted by molar-refractivity contribution is 7.89. The summed E-state index contributed by atoms with van der Waals surface area (Å²) in [4.78, 5) is 5.81. The van der Waals surface area contributed by atoms with E-state index in [0.717, 1.165) is 42.7 Å². The summed E-state index contributed by atoms with van der Waals surface area (Å²) in [5.74, 6) is 1.63. The van der Waals surface area contributed by atoms with Crippen LogP contribution in [0.3, 0.4) is 0 Å². The first kappa shape index (κ1) is 29.3. The second-order valence-electron chi connectivity index (χ2n) is 9.83. The molecular weight excluding hydrogens is 564 g/mol. The summed E-state index contributed by atoms with van der Waals surface area (Å²) in [5, 5.41) is 7.12. The first-order valence-corrected chi connectivity index (χ1v) is 16.1. The van der Waals surface area contributed by atoms with Crippen LogP contribution in [0.1, 0.15) is 38.5 Å². The van der Waals surface area contributed by atoms with Gasteiger partial charge in [0.1, 0.15) is 0 Å². The normalized spacial score (nSPS) is 17.2. The van der Waals surface area contributed by atoms with Crippen LogP contribution in [-0.2, 0) is 14.8 Å². The van der Waals surface area contributed by atoms with Gasteiger partial charge in [0.15, 0.2) is 11.5 Å². The monoisotopic (exact) mass is 600 g/mol. The molecule has 2 aromatic carbocycles. The molecule has 2 heterocycles. The van der Waals surface area contributed by atoms with Gasteiger partial charge in [-0.3, -0.25) is 0 Å². The van der Waals surface area contributed by atoms with Gasteiger partial charge in [-0.25, -0.2) is 18.1 Å². The van der Waals surface area contributed by atoms with Crippen molar-refractivity contribution in [1.82, 2.24) is 8.98 Å². The lowest BCUT2D eigenvalue weighted by atomic mass is 10.1. The van der Waals surface area contributed by atoms with Gasteiger partial charge in [-0.15, -0.1) is 11.3 Å². The third kappa shape index (κ3) is 6.50. The van der Waals surface area contributed by atoms with Crippen LogP contribution in [0.4, 0.5) is 5.69 Å². The number of hydrogen-bond acceptors (Lipinski definition) is 9. The van der Waals surface area contributed by atoms with Gasteiger partial charge in [-0.2, -0.15) is 9.41 Å². The number of methoxy groups -OCH3 is 3. The standard InChI is InChI=1S/C29H36N4O6S2/c1-36-26-18-21(19-27(37-2)28(26)38-3)25-20-40-29(33(25)31-23-8-6-4-5-7-9-23)30-22-10-12-24(13-11-22)41(34,35)32-14-16-39-17-15-32/h10-13,18-20H,4-9,14-17H2,1-3H3. The minimum absolute atomic E-state index is 0.245. The van der Waals surface area contributed by atoms with Crippen LogP contribution in [0.5, 0.6) is 17.2 Å². The topological polar surface area (TPSA) is 104 Å². The van der Waals surface area contributed by atoms with Crippen molar-refractivity contribution in [2.24, 2.45) is 10.1 Å². The van der Waals surface area contributed by atoms with E-state index in [1.165, 1.54) is 28.5 Å². The zero-order valence-electron chi connectivity index (χ0n) is 23.7. The van der Waals surface area contributed by atoms with Crippen LogP contribution in [0.25, 0.3) is 11.3 Å². The van der Waals surface area contributed by atoms with Crippen LogP contribution >= 0.6 is 11.3 Å². The SMILES string of the molecule is COc1cc(-c2csc(=Nc3ccc(S(=O)(=O)N4CCOCC4)cc3)n2N=C2CCCCCC2)cc(OC)c1OC. The van der Waals surface area contributed by atoms with Crippen molar-refractivity contribution >= 4 is 32.8 Å². The smallest absolute Gasteiger partial charge is 0.243 e. The molecule has 0 radical (unpaired) electrons. The lowest BCUT2D eigenvalue weighted by molar-refractivity contribution is 0.0730. The number of benzene rings is 2. The van der Waals surface area contributed by atoms with E-state index < -0.39 is 10.0 Å². The molecule has 3 aromatic rings. The molecule has 0 unspecified atom stereocenters. The molecule has 0 amide bonds. The Morgan fingerprint density at radius 1 is 0.878 bits per heavy atom. The van der Waals surface area contributed by atoms with E-state index in [1.807, 2.05) is 22.2 Å². The summed E-state index contributed by atoms with van der Waals surface area (Å²) in [6.07, 6.45) is 6.56. The summed E-state index contributed by atoms with van der Waals surface area (Å²) in [7, 11) is 1.19. The van der Waals surface area contributed by atoms with E-state index >= 15 is 0 Å². The molecule has 12 heteroatoms. The molecule has 41 heavy (non-hydrogen) atoms. The maximum atomic E-state index is 13.1. The number of aromatic nitrogens is 1. The van der Waals surface area contributed by atoms with Crippen LogP contribution in [-0.4, -0.2) is 70.7 Å². The molecule has 1 aliphatic heterocycles. The Bertz CT molecular complexity index is 1520. The summed E-state index contributed by atoms with van der Waals surface area (Å²) in [6, 6.07) is 10.5. The fourth-order valence-electron chi connectivity index (χ4n) is 5.02. The Hall–Kier alpha value is -3.19. The number of thiazole rings is 1. The van der Waals surface area contributed by atoms with E-state index in [1.54, 1.807) is 45.6 Å². The second kappa shape index (κ2) is 13.2. The number of hydrogen-bond donors (Lipinski definition) is 0. The largest absolute Gasteiger partial charge is 0.493 e. The molecule has 2 fully saturated rings. The third-order valence-electron chi connectivity index (χ3n) is 7.24. The highest BCUT2D eigenvalue weighted by Gasteiger charge is 2.26. The van der Waals surface area contributed by atoms with Crippen molar-refractivity contribution in [3.8, 4) is 28.5 Å². The van der Waals surface area contributed by atoms with E-state index in [4.69, 9.17) is 29.0 Å². The molecule has 0 atom stereocenters. The second-order valence-corrected chi connectivity index (χ2v) is 12.6. The summed E-state index contributed by atoms with van der Waals surface area (Å²) in [5.41, 5.74) is 3.47. The molecule has 0 N–H and O–H groups in total. The zero-order valence-corrected chi connectivity index (χ0v) is 25.3. The lowest BCUT2D eigenvalue weighted by Crippen LogP contribution is -2.40. The minimum Gasteiger partial charge on any atom is -0.493 e. The molecule has 1 saturated heterocycles. The average molecular weight is 601 g/mol. The van der Waals surface area contributed by atoms with Gasteiger partial charge in [0.05, 0.1) is 50.8 Å². The van der Waals surface area contributed by atoms with Crippen molar-refractivity contribution < 1.29 is 27.4 Å². The van der Waals surface area contributed by atoms with E-state index in [0.29, 0.717) is 54.0 Å². The Morgan fingerprint density at radius 3 is 2.10 bits per heavy atom. The van der Waals surface area contributed by atoms with Gasteiger partial charge >= 0.3 is 0 Å². The molecule has 220 valence electrons. The van der Waals surface area contributed by atoms with E-state index in [2.05, 4.69) is 0 Å². The zero-order chi connectivity index (χ0) is 28.8. The Balaban J connectivity index is 1.57. The van der Waals surface area contributed by atoms with Crippen LogP contribution in [0.15, 0.2) is 56.8 Å². The van der Waals surface area contributed by atoms with Crippen molar-refractivity contribution in [3.05, 3.63) is 46.6 Å². The van der Waals surface area contributed by atoms with Crippen LogP contribution in [0, 0.1) is 0 Å². The van der Waals surface area contributed by atoms with Crippen molar-refractivity contribution in [2.75, 3.05) is 47.6 Å². The molecule has 1 aliphatic carbocycles. The molecule has 0 spiro atoms. The van der Waals surface area contributed by atoms with E-state index in [-0.39, 0.29) is 4.90 Å². The number of rotatable bonds is 8. The number of nitrogens with zero attached hydrogens (tertiary/aromatic N) is 4. The molecule has 1 aromatic heterocycles. The van der Waals surface area contributed by atoms with Gasteiger partial charge in [0.25, 0.3) is 0 Å². The molecule has 2 aliphatic rings. The minimum atomic E-state index is -3.58. The quantitative estimate of drug-likeness (QED) is 0.335. The molecule has 10 nitrogen and oxygen atoms in total. The Labute approximate surface area is 244 Å². The fourth-order valence-corrected chi connectivity index (χ4v) is 7.28. The maximum Gasteiger partial charge on any atom is 0.243 e. The van der Waals surface area contributed by atoms with Crippen LogP contribution in [0.2, 0.25) is 0 Å². The first-order valence-electron chi connectivity index (χ1n) is 13.7. The lowest BCUT2D eigenvalue weighted by Gasteiger charge is -2.26. The fraction of sp³-hybridized carbons (Fsp3) is 0.448. The molecule has 1 saturated carbocycles. The van der Waals surface area contributed by atoms with Gasteiger partial charge in [0, 0.05) is 29.7 Å². The number of morpholine rings is 1. The number of sulfonamides is 1. The Kier molecular flexibility index (Phi) is 9.43. The Morgan fingerprint density at radius 2 is 1.51 bits per heavy atom. The number of ether oxygens (including phenoxy) is 4. The maximum absolute atomic E-state index is 13.1. The van der Waals surface area contributed by atoms with Gasteiger partial charge in [-0.05, 0) is 62.1 Å². The van der Waals surface area contributed by atoms with Crippen molar-refractivity contribution in [2.45, 2.75) is 43.4 Å². The highest BCUT2D eigenvalue weighted by atomic mass is 32.2. The predicted molar refractivity (Wildman–Crippen MR) is 159 cm³/mol. The summed E-state index contributed by atoms with van der Waals surface area (Å²) < 4.78 is 51.5. The van der Waals surface area contributed by atoms with Crippen molar-refractivity contribution in [1.29, 1.82) is 0 Å². The highest BCUT2D eigenvalue weighted by Crippen LogP contribution is 2.41. The predicted octanol–water partition coefficient (Wildman–Crippen LogP) is 5.05. The average Bonchev–Trinajstić information content (AvgIpc) is 3.20. The molecule has 5 rings (SSSR count).